The van der Waals surface area contributed by atoms with Crippen LogP contribution in [0.5, 0.6) is 0 Å². The third kappa shape index (κ3) is 2.23. The Morgan fingerprint density at radius 2 is 1.83 bits per heavy atom. The molecule has 0 fully saturated rings. The summed E-state index contributed by atoms with van der Waals surface area (Å²) < 4.78 is 0. The van der Waals surface area contributed by atoms with Crippen LogP contribution in [0, 0.1) is 18.3 Å². The Balaban J connectivity index is 2.59. The molecule has 2 rings (SSSR count). The van der Waals surface area contributed by atoms with Crippen molar-refractivity contribution in [3.8, 4) is 6.07 Å². The Kier molecular flexibility index (Phi) is 3.40. The van der Waals surface area contributed by atoms with Crippen LogP contribution in [0.2, 0.25) is 0 Å². The molecule has 0 spiro atoms. The molecule has 1 heterocycles. The molecule has 0 aliphatic rings. The number of hydrogen-bond acceptors (Lipinski definition) is 3. The van der Waals surface area contributed by atoms with E-state index in [0.29, 0.717) is 11.3 Å². The van der Waals surface area contributed by atoms with Gasteiger partial charge in [-0.2, -0.15) is 5.26 Å². The smallest absolute Gasteiger partial charge is 0.102 e. The molecule has 0 unspecified atom stereocenters. The van der Waals surface area contributed by atoms with Crippen LogP contribution in [0.4, 0.5) is 0 Å². The minimum atomic E-state index is 0.478. The van der Waals surface area contributed by atoms with E-state index in [0.717, 1.165) is 16.7 Å². The molecule has 0 aliphatic carbocycles. The monoisotopic (exact) mass is 235 g/mol. The first-order valence-corrected chi connectivity index (χ1v) is 5.60. The molecule has 0 saturated heterocycles. The molecule has 0 bridgehead atoms. The number of aryl methyl sites for hydroxylation is 1. The van der Waals surface area contributed by atoms with E-state index in [1.54, 1.807) is 24.5 Å². The van der Waals surface area contributed by atoms with Gasteiger partial charge in [0.05, 0.1) is 11.3 Å². The fraction of sp³-hybridized carbons (Fsp3) is 0.0667. The summed E-state index contributed by atoms with van der Waals surface area (Å²) in [6, 6.07) is 13.5. The maximum atomic E-state index is 9.29. The first-order chi connectivity index (χ1) is 8.74. The summed E-state index contributed by atoms with van der Waals surface area (Å²) in [7, 11) is 0. The van der Waals surface area contributed by atoms with Crippen molar-refractivity contribution in [1.82, 2.24) is 4.98 Å². The summed E-state index contributed by atoms with van der Waals surface area (Å²) in [6.07, 6.45) is 3.30. The molecule has 0 saturated carbocycles. The highest BCUT2D eigenvalue weighted by Gasteiger charge is 2.09. The van der Waals surface area contributed by atoms with Gasteiger partial charge >= 0.3 is 0 Å². The summed E-state index contributed by atoms with van der Waals surface area (Å²) in [5.74, 6) is 0. The van der Waals surface area contributed by atoms with Crippen LogP contribution in [0.15, 0.2) is 48.8 Å². The number of aromatic nitrogens is 1. The quantitative estimate of drug-likeness (QED) is 0.814. The van der Waals surface area contributed by atoms with Crippen molar-refractivity contribution in [2.75, 3.05) is 0 Å². The minimum absolute atomic E-state index is 0.478. The lowest BCUT2D eigenvalue weighted by Gasteiger charge is -2.08. The standard InChI is InChI=1S/C15H13N3/c1-11-4-2-3-5-13(11)15(17)14(10-16)12-6-8-18-9-7-12/h2-9H,17H2,1H3/b15-14+. The second-order valence-electron chi connectivity index (χ2n) is 3.95. The predicted octanol–water partition coefficient (Wildman–Crippen LogP) is 2.74. The number of nitrogens with two attached hydrogens (primary N) is 1. The van der Waals surface area contributed by atoms with Crippen molar-refractivity contribution >= 4 is 11.3 Å². The fourth-order valence-electron chi connectivity index (χ4n) is 1.81. The van der Waals surface area contributed by atoms with Gasteiger partial charge in [-0.1, -0.05) is 24.3 Å². The highest BCUT2D eigenvalue weighted by Crippen LogP contribution is 2.23. The van der Waals surface area contributed by atoms with Crippen molar-refractivity contribution in [1.29, 1.82) is 5.26 Å². The van der Waals surface area contributed by atoms with Crippen molar-refractivity contribution in [3.05, 3.63) is 65.5 Å². The van der Waals surface area contributed by atoms with Gasteiger partial charge in [-0.15, -0.1) is 0 Å². The van der Waals surface area contributed by atoms with Crippen LogP contribution in [0.25, 0.3) is 11.3 Å². The Morgan fingerprint density at radius 3 is 2.44 bits per heavy atom. The lowest BCUT2D eigenvalue weighted by Crippen LogP contribution is -2.02. The molecular formula is C15H13N3. The molecule has 0 amide bonds. The first-order valence-electron chi connectivity index (χ1n) is 5.60. The van der Waals surface area contributed by atoms with E-state index < -0.39 is 0 Å². The second-order valence-corrected chi connectivity index (χ2v) is 3.95. The van der Waals surface area contributed by atoms with Crippen molar-refractivity contribution in [2.45, 2.75) is 6.92 Å². The van der Waals surface area contributed by atoms with Crippen LogP contribution in [0.1, 0.15) is 16.7 Å². The molecule has 0 atom stereocenters. The molecule has 18 heavy (non-hydrogen) atoms. The molecule has 2 aromatic rings. The first kappa shape index (κ1) is 11.9. The van der Waals surface area contributed by atoms with Gasteiger partial charge in [0.2, 0.25) is 0 Å². The Bertz CT molecular complexity index is 622. The molecule has 1 aromatic heterocycles. The third-order valence-corrected chi connectivity index (χ3v) is 2.79. The number of pyridine rings is 1. The maximum Gasteiger partial charge on any atom is 0.102 e. The van der Waals surface area contributed by atoms with Crippen LogP contribution in [0.3, 0.4) is 0 Å². The number of nitrogens with zero attached hydrogens (tertiary/aromatic N) is 2. The third-order valence-electron chi connectivity index (χ3n) is 2.79. The van der Waals surface area contributed by atoms with Crippen molar-refractivity contribution in [3.63, 3.8) is 0 Å². The Labute approximate surface area is 106 Å². The topological polar surface area (TPSA) is 62.7 Å². The SMILES string of the molecule is Cc1ccccc1/C(N)=C(/C#N)c1ccncc1. The van der Waals surface area contributed by atoms with Gasteiger partial charge in [0.15, 0.2) is 0 Å². The van der Waals surface area contributed by atoms with Gasteiger partial charge in [-0.25, -0.2) is 0 Å². The summed E-state index contributed by atoms with van der Waals surface area (Å²) in [5, 5.41) is 9.29. The van der Waals surface area contributed by atoms with Crippen LogP contribution >= 0.6 is 0 Å². The number of nitriles is 1. The van der Waals surface area contributed by atoms with Crippen LogP contribution in [-0.4, -0.2) is 4.98 Å². The number of hydrogen-bond donors (Lipinski definition) is 1. The minimum Gasteiger partial charge on any atom is -0.397 e. The number of rotatable bonds is 2. The zero-order valence-electron chi connectivity index (χ0n) is 10.1. The zero-order valence-corrected chi connectivity index (χ0v) is 10.1. The number of allylic oxidation sites excluding steroid dienone is 1. The highest BCUT2D eigenvalue weighted by molar-refractivity contribution is 5.96. The summed E-state index contributed by atoms with van der Waals surface area (Å²) in [6.45, 7) is 1.98. The molecule has 2 N–H and O–H groups in total. The summed E-state index contributed by atoms with van der Waals surface area (Å²) in [5.41, 5.74) is 9.83. The molecule has 88 valence electrons. The van der Waals surface area contributed by atoms with Crippen LogP contribution < -0.4 is 5.73 Å². The molecule has 1 aromatic carbocycles. The zero-order chi connectivity index (χ0) is 13.0. The van der Waals surface area contributed by atoms with Crippen molar-refractivity contribution in [2.24, 2.45) is 5.73 Å². The number of benzene rings is 1. The van der Waals surface area contributed by atoms with E-state index in [4.69, 9.17) is 5.73 Å². The summed E-state index contributed by atoms with van der Waals surface area (Å²) in [4.78, 5) is 3.94. The molecule has 3 nitrogen and oxygen atoms in total. The molecular weight excluding hydrogens is 222 g/mol. The summed E-state index contributed by atoms with van der Waals surface area (Å²) >= 11 is 0. The van der Waals surface area contributed by atoms with E-state index in [-0.39, 0.29) is 0 Å². The van der Waals surface area contributed by atoms with Gasteiger partial charge in [-0.3, -0.25) is 4.98 Å². The van der Waals surface area contributed by atoms with Gasteiger partial charge in [-0.05, 0) is 30.2 Å². The van der Waals surface area contributed by atoms with E-state index in [2.05, 4.69) is 11.1 Å². The average molecular weight is 235 g/mol. The Morgan fingerprint density at radius 1 is 1.17 bits per heavy atom. The normalized spacial score (nSPS) is 11.6. The van der Waals surface area contributed by atoms with Crippen LogP contribution in [-0.2, 0) is 0 Å². The highest BCUT2D eigenvalue weighted by atomic mass is 14.6. The van der Waals surface area contributed by atoms with Gasteiger partial charge < -0.3 is 5.73 Å². The fourth-order valence-corrected chi connectivity index (χ4v) is 1.81. The average Bonchev–Trinajstić information content (AvgIpc) is 2.41. The van der Waals surface area contributed by atoms with Gasteiger partial charge in [0, 0.05) is 18.0 Å². The Hall–Kier alpha value is -2.60. The van der Waals surface area contributed by atoms with E-state index in [1.165, 1.54) is 0 Å². The lowest BCUT2D eigenvalue weighted by atomic mass is 9.99. The van der Waals surface area contributed by atoms with Gasteiger partial charge in [0.25, 0.3) is 0 Å². The lowest BCUT2D eigenvalue weighted by molar-refractivity contribution is 1.31. The molecule has 0 radical (unpaired) electrons. The maximum absolute atomic E-state index is 9.29. The molecule has 0 aliphatic heterocycles. The van der Waals surface area contributed by atoms with Crippen molar-refractivity contribution < 1.29 is 0 Å². The van der Waals surface area contributed by atoms with E-state index >= 15 is 0 Å². The largest absolute Gasteiger partial charge is 0.397 e. The second kappa shape index (κ2) is 5.15. The predicted molar refractivity (Wildman–Crippen MR) is 72.0 cm³/mol. The molecule has 3 heteroatoms. The van der Waals surface area contributed by atoms with E-state index in [9.17, 15) is 5.26 Å². The van der Waals surface area contributed by atoms with E-state index in [1.807, 2.05) is 31.2 Å². The van der Waals surface area contributed by atoms with Gasteiger partial charge in [0.1, 0.15) is 6.07 Å².